The molecule has 0 aliphatic carbocycles. The molecule has 0 saturated heterocycles. The number of carbonyl (C=O) groups is 1. The first-order chi connectivity index (χ1) is 5.27. The lowest BCUT2D eigenvalue weighted by Crippen LogP contribution is -2.34. The number of anilines is 1. The van der Waals surface area contributed by atoms with Crippen LogP contribution in [-0.4, -0.2) is 21.7 Å². The quantitative estimate of drug-likeness (QED) is 0.551. The molecular weight excluding hydrogens is 144 g/mol. The van der Waals surface area contributed by atoms with Gasteiger partial charge in [0.2, 0.25) is 5.91 Å². The van der Waals surface area contributed by atoms with Gasteiger partial charge in [0.15, 0.2) is 0 Å². The highest BCUT2D eigenvalue weighted by molar-refractivity contribution is 5.83. The SMILES string of the molecule is NC(=O)C1Cn2nccc2N1. The number of nitrogens with one attached hydrogen (secondary N) is 1. The number of hydrogen-bond acceptors (Lipinski definition) is 3. The zero-order valence-corrected chi connectivity index (χ0v) is 5.82. The minimum atomic E-state index is -0.337. The zero-order valence-electron chi connectivity index (χ0n) is 5.82. The fourth-order valence-corrected chi connectivity index (χ4v) is 1.16. The standard InChI is InChI=1S/C6H8N4O/c7-6(11)4-3-10-5(9-4)1-2-8-10/h1-2,4,9H,3H2,(H2,7,11). The first kappa shape index (κ1) is 6.21. The van der Waals surface area contributed by atoms with Crippen LogP contribution in [0.1, 0.15) is 0 Å². The van der Waals surface area contributed by atoms with Crippen molar-refractivity contribution in [1.82, 2.24) is 9.78 Å². The van der Waals surface area contributed by atoms with E-state index in [1.165, 1.54) is 0 Å². The van der Waals surface area contributed by atoms with Crippen molar-refractivity contribution in [1.29, 1.82) is 0 Å². The number of amides is 1. The second-order valence-electron chi connectivity index (χ2n) is 2.50. The van der Waals surface area contributed by atoms with Crippen molar-refractivity contribution in [3.8, 4) is 0 Å². The zero-order chi connectivity index (χ0) is 7.84. The van der Waals surface area contributed by atoms with E-state index < -0.39 is 0 Å². The summed E-state index contributed by atoms with van der Waals surface area (Å²) in [7, 11) is 0. The van der Waals surface area contributed by atoms with Crippen LogP contribution < -0.4 is 11.1 Å². The second-order valence-corrected chi connectivity index (χ2v) is 2.50. The van der Waals surface area contributed by atoms with Crippen LogP contribution in [0.4, 0.5) is 5.82 Å². The van der Waals surface area contributed by atoms with Gasteiger partial charge in [0, 0.05) is 6.07 Å². The molecule has 1 aromatic heterocycles. The van der Waals surface area contributed by atoms with Crippen LogP contribution in [0.15, 0.2) is 12.3 Å². The number of nitrogens with zero attached hydrogens (tertiary/aromatic N) is 2. The average Bonchev–Trinajstić information content (AvgIpc) is 2.40. The summed E-state index contributed by atoms with van der Waals surface area (Å²) < 4.78 is 1.72. The van der Waals surface area contributed by atoms with Crippen LogP contribution in [0.3, 0.4) is 0 Å². The molecule has 1 aromatic rings. The second kappa shape index (κ2) is 1.98. The predicted octanol–water partition coefficient (Wildman–Crippen LogP) is -0.838. The summed E-state index contributed by atoms with van der Waals surface area (Å²) in [6, 6.07) is 1.52. The van der Waals surface area contributed by atoms with E-state index in [-0.39, 0.29) is 11.9 Å². The summed E-state index contributed by atoms with van der Waals surface area (Å²) >= 11 is 0. The summed E-state index contributed by atoms with van der Waals surface area (Å²) in [5.41, 5.74) is 5.09. The van der Waals surface area contributed by atoms with E-state index in [2.05, 4.69) is 10.4 Å². The summed E-state index contributed by atoms with van der Waals surface area (Å²) in [4.78, 5) is 10.7. The number of carbonyl (C=O) groups excluding carboxylic acids is 1. The lowest BCUT2D eigenvalue weighted by molar-refractivity contribution is -0.118. The lowest BCUT2D eigenvalue weighted by Gasteiger charge is -2.02. The Morgan fingerprint density at radius 3 is 3.36 bits per heavy atom. The third kappa shape index (κ3) is 0.849. The van der Waals surface area contributed by atoms with Crippen molar-refractivity contribution in [2.75, 3.05) is 5.32 Å². The maximum absolute atomic E-state index is 10.7. The van der Waals surface area contributed by atoms with Crippen molar-refractivity contribution in [2.45, 2.75) is 12.6 Å². The van der Waals surface area contributed by atoms with E-state index in [0.29, 0.717) is 6.54 Å². The van der Waals surface area contributed by atoms with Gasteiger partial charge in [-0.25, -0.2) is 4.68 Å². The summed E-state index contributed by atoms with van der Waals surface area (Å²) in [6.07, 6.45) is 1.68. The van der Waals surface area contributed by atoms with Crippen LogP contribution in [0.2, 0.25) is 0 Å². The van der Waals surface area contributed by atoms with E-state index in [0.717, 1.165) is 5.82 Å². The van der Waals surface area contributed by atoms with Gasteiger partial charge < -0.3 is 11.1 Å². The first-order valence-corrected chi connectivity index (χ1v) is 3.35. The molecule has 5 heteroatoms. The van der Waals surface area contributed by atoms with Crippen molar-refractivity contribution < 1.29 is 4.79 Å². The Morgan fingerprint density at radius 1 is 1.91 bits per heavy atom. The fourth-order valence-electron chi connectivity index (χ4n) is 1.16. The molecule has 0 aromatic carbocycles. The highest BCUT2D eigenvalue weighted by Gasteiger charge is 2.24. The fraction of sp³-hybridized carbons (Fsp3) is 0.333. The maximum atomic E-state index is 10.7. The maximum Gasteiger partial charge on any atom is 0.241 e. The molecule has 0 radical (unpaired) electrons. The monoisotopic (exact) mass is 152 g/mol. The van der Waals surface area contributed by atoms with Crippen LogP contribution >= 0.6 is 0 Å². The minimum absolute atomic E-state index is 0.293. The van der Waals surface area contributed by atoms with Gasteiger partial charge in [-0.15, -0.1) is 0 Å². The molecule has 1 unspecified atom stereocenters. The third-order valence-electron chi connectivity index (χ3n) is 1.74. The molecule has 2 heterocycles. The molecule has 5 nitrogen and oxygen atoms in total. The summed E-state index contributed by atoms with van der Waals surface area (Å²) in [6.45, 7) is 0.539. The van der Waals surface area contributed by atoms with Gasteiger partial charge >= 0.3 is 0 Å². The Morgan fingerprint density at radius 2 is 2.73 bits per heavy atom. The molecule has 1 aliphatic heterocycles. The molecular formula is C6H8N4O. The molecule has 0 spiro atoms. The molecule has 1 atom stereocenters. The van der Waals surface area contributed by atoms with Gasteiger partial charge in [-0.2, -0.15) is 5.10 Å². The smallest absolute Gasteiger partial charge is 0.241 e. The number of primary amides is 1. The summed E-state index contributed by atoms with van der Waals surface area (Å²) in [5.74, 6) is 0.518. The van der Waals surface area contributed by atoms with E-state index in [1.54, 1.807) is 10.9 Å². The Balaban J connectivity index is 2.22. The highest BCUT2D eigenvalue weighted by Crippen LogP contribution is 2.15. The Kier molecular flexibility index (Phi) is 1.12. The first-order valence-electron chi connectivity index (χ1n) is 3.35. The van der Waals surface area contributed by atoms with Crippen LogP contribution in [0.25, 0.3) is 0 Å². The van der Waals surface area contributed by atoms with E-state index >= 15 is 0 Å². The molecule has 58 valence electrons. The van der Waals surface area contributed by atoms with Crippen molar-refractivity contribution in [3.05, 3.63) is 12.3 Å². The van der Waals surface area contributed by atoms with Gasteiger partial charge in [-0.3, -0.25) is 4.79 Å². The molecule has 0 fully saturated rings. The van der Waals surface area contributed by atoms with Crippen molar-refractivity contribution >= 4 is 11.7 Å². The number of hydrogen-bond donors (Lipinski definition) is 2. The number of aromatic nitrogens is 2. The molecule has 1 amide bonds. The topological polar surface area (TPSA) is 72.9 Å². The van der Waals surface area contributed by atoms with Gasteiger partial charge in [-0.1, -0.05) is 0 Å². The molecule has 0 saturated carbocycles. The van der Waals surface area contributed by atoms with Crippen LogP contribution in [0.5, 0.6) is 0 Å². The third-order valence-corrected chi connectivity index (χ3v) is 1.74. The Labute approximate surface area is 63.2 Å². The Bertz CT molecular complexity index is 272. The number of fused-ring (bicyclic) bond motifs is 1. The normalized spacial score (nSPS) is 20.9. The predicted molar refractivity (Wildman–Crippen MR) is 38.8 cm³/mol. The lowest BCUT2D eigenvalue weighted by atomic mass is 10.3. The highest BCUT2D eigenvalue weighted by atomic mass is 16.1. The average molecular weight is 152 g/mol. The van der Waals surface area contributed by atoms with Crippen LogP contribution in [0, 0.1) is 0 Å². The number of rotatable bonds is 1. The van der Waals surface area contributed by atoms with Gasteiger partial charge in [0.1, 0.15) is 11.9 Å². The molecule has 11 heavy (non-hydrogen) atoms. The largest absolute Gasteiger partial charge is 0.368 e. The van der Waals surface area contributed by atoms with Gasteiger partial charge in [0.25, 0.3) is 0 Å². The van der Waals surface area contributed by atoms with Crippen molar-refractivity contribution in [3.63, 3.8) is 0 Å². The van der Waals surface area contributed by atoms with Crippen molar-refractivity contribution in [2.24, 2.45) is 5.73 Å². The Hall–Kier alpha value is -1.52. The molecule has 3 N–H and O–H groups in total. The molecule has 1 aliphatic rings. The molecule has 0 bridgehead atoms. The van der Waals surface area contributed by atoms with E-state index in [4.69, 9.17) is 5.73 Å². The molecule has 2 rings (SSSR count). The van der Waals surface area contributed by atoms with Gasteiger partial charge in [0.05, 0.1) is 12.7 Å². The minimum Gasteiger partial charge on any atom is -0.368 e. The number of nitrogens with two attached hydrogens (primary N) is 1. The van der Waals surface area contributed by atoms with Crippen LogP contribution in [-0.2, 0) is 11.3 Å². The van der Waals surface area contributed by atoms with E-state index in [9.17, 15) is 4.79 Å². The van der Waals surface area contributed by atoms with E-state index in [1.807, 2.05) is 6.07 Å². The van der Waals surface area contributed by atoms with Gasteiger partial charge in [-0.05, 0) is 0 Å². The summed E-state index contributed by atoms with van der Waals surface area (Å²) in [5, 5.41) is 6.92.